The summed E-state index contributed by atoms with van der Waals surface area (Å²) in [4.78, 5) is 28.7. The first kappa shape index (κ1) is 29.9. The average Bonchev–Trinajstić information content (AvgIpc) is 2.91. The second kappa shape index (κ2) is 12.9. The summed E-state index contributed by atoms with van der Waals surface area (Å²) in [6.45, 7) is 10.9. The molecule has 0 aliphatic carbocycles. The molecule has 0 saturated heterocycles. The Bertz CT molecular complexity index is 1410. The molecule has 0 bridgehead atoms. The second-order valence-corrected chi connectivity index (χ2v) is 12.0. The van der Waals surface area contributed by atoms with Crippen molar-refractivity contribution in [3.63, 3.8) is 0 Å². The van der Waals surface area contributed by atoms with Gasteiger partial charge in [0, 0.05) is 12.6 Å². The molecule has 1 N–H and O–H groups in total. The topological polar surface area (TPSA) is 86.8 Å². The summed E-state index contributed by atoms with van der Waals surface area (Å²) in [6, 6.07) is 20.5. The van der Waals surface area contributed by atoms with Crippen molar-refractivity contribution in [1.82, 2.24) is 10.2 Å². The van der Waals surface area contributed by atoms with Crippen LogP contribution in [0.2, 0.25) is 0 Å². The first-order valence-electron chi connectivity index (χ1n) is 13.2. The highest BCUT2D eigenvalue weighted by Crippen LogP contribution is 2.28. The van der Waals surface area contributed by atoms with Crippen LogP contribution >= 0.6 is 0 Å². The molecule has 0 aromatic heterocycles. The van der Waals surface area contributed by atoms with E-state index in [2.05, 4.69) is 5.32 Å². The Hall–Kier alpha value is -3.65. The maximum atomic E-state index is 14.0. The van der Waals surface area contributed by atoms with Crippen molar-refractivity contribution in [2.75, 3.05) is 10.8 Å². The lowest BCUT2D eigenvalue weighted by atomic mass is 10.1. The van der Waals surface area contributed by atoms with E-state index in [1.165, 1.54) is 17.0 Å². The number of amides is 2. The monoisotopic (exact) mass is 549 g/mol. The van der Waals surface area contributed by atoms with Crippen molar-refractivity contribution in [1.29, 1.82) is 0 Å². The van der Waals surface area contributed by atoms with Crippen molar-refractivity contribution in [3.05, 3.63) is 95.1 Å². The Morgan fingerprint density at radius 3 is 2.18 bits per heavy atom. The zero-order chi connectivity index (χ0) is 28.7. The SMILES string of the molecule is CCC(C)NC(=O)C(C)N(Cc1cccc(C)c1)C(=O)CN(c1cc(C)ccc1C)S(=O)(=O)c1ccccc1. The van der Waals surface area contributed by atoms with Crippen molar-refractivity contribution < 1.29 is 18.0 Å². The number of carbonyl (C=O) groups excluding carboxylic acids is 2. The maximum absolute atomic E-state index is 14.0. The van der Waals surface area contributed by atoms with Gasteiger partial charge in [-0.25, -0.2) is 8.42 Å². The van der Waals surface area contributed by atoms with Crippen molar-refractivity contribution in [2.24, 2.45) is 0 Å². The summed E-state index contributed by atoms with van der Waals surface area (Å²) in [5.74, 6) is -0.752. The largest absolute Gasteiger partial charge is 0.352 e. The smallest absolute Gasteiger partial charge is 0.264 e. The standard InChI is InChI=1S/C31H39N3O4S/c1-7-25(5)32-31(36)26(6)33(20-27-13-11-12-22(2)18-27)30(35)21-34(29-19-23(3)16-17-24(29)4)39(37,38)28-14-9-8-10-15-28/h8-19,25-26H,7,20-21H2,1-6H3,(H,32,36). The molecule has 39 heavy (non-hydrogen) atoms. The van der Waals surface area contributed by atoms with Crippen molar-refractivity contribution >= 4 is 27.5 Å². The van der Waals surface area contributed by atoms with Crippen LogP contribution < -0.4 is 9.62 Å². The molecule has 3 aromatic carbocycles. The molecule has 8 heteroatoms. The van der Waals surface area contributed by atoms with Gasteiger partial charge in [-0.15, -0.1) is 0 Å². The Kier molecular flexibility index (Phi) is 9.92. The van der Waals surface area contributed by atoms with Gasteiger partial charge in [-0.3, -0.25) is 13.9 Å². The first-order valence-corrected chi connectivity index (χ1v) is 14.7. The van der Waals surface area contributed by atoms with Crippen LogP contribution in [-0.2, 0) is 26.2 Å². The molecular formula is C31H39N3O4S. The van der Waals surface area contributed by atoms with Crippen LogP contribution in [-0.4, -0.2) is 43.8 Å². The molecule has 0 radical (unpaired) electrons. The van der Waals surface area contributed by atoms with E-state index in [1.54, 1.807) is 31.2 Å². The van der Waals surface area contributed by atoms with Gasteiger partial charge in [-0.1, -0.05) is 67.1 Å². The van der Waals surface area contributed by atoms with Crippen LogP contribution in [0.15, 0.2) is 77.7 Å². The van der Waals surface area contributed by atoms with Crippen LogP contribution in [0.1, 0.15) is 49.4 Å². The van der Waals surface area contributed by atoms with E-state index in [0.29, 0.717) is 5.69 Å². The molecule has 3 aromatic rings. The summed E-state index contributed by atoms with van der Waals surface area (Å²) in [5.41, 5.74) is 3.91. The second-order valence-electron chi connectivity index (χ2n) is 10.1. The van der Waals surface area contributed by atoms with Gasteiger partial charge in [-0.2, -0.15) is 0 Å². The maximum Gasteiger partial charge on any atom is 0.264 e. The molecule has 2 atom stereocenters. The van der Waals surface area contributed by atoms with E-state index in [9.17, 15) is 18.0 Å². The lowest BCUT2D eigenvalue weighted by Gasteiger charge is -2.33. The van der Waals surface area contributed by atoms with Crippen LogP contribution in [0.4, 0.5) is 5.69 Å². The molecule has 3 rings (SSSR count). The minimum Gasteiger partial charge on any atom is -0.352 e. The van der Waals surface area contributed by atoms with Gasteiger partial charge in [0.25, 0.3) is 10.0 Å². The minimum absolute atomic E-state index is 0.0548. The van der Waals surface area contributed by atoms with Gasteiger partial charge in [0.15, 0.2) is 0 Å². The summed E-state index contributed by atoms with van der Waals surface area (Å²) >= 11 is 0. The van der Waals surface area contributed by atoms with Crippen molar-refractivity contribution in [3.8, 4) is 0 Å². The molecule has 2 amide bonds. The lowest BCUT2D eigenvalue weighted by Crippen LogP contribution is -2.52. The molecule has 0 heterocycles. The van der Waals surface area contributed by atoms with Crippen molar-refractivity contribution in [2.45, 2.75) is 71.5 Å². The Morgan fingerprint density at radius 2 is 1.54 bits per heavy atom. The van der Waals surface area contributed by atoms with Gasteiger partial charge >= 0.3 is 0 Å². The van der Waals surface area contributed by atoms with E-state index in [0.717, 1.165) is 33.0 Å². The molecule has 0 fully saturated rings. The zero-order valence-electron chi connectivity index (χ0n) is 23.6. The zero-order valence-corrected chi connectivity index (χ0v) is 24.5. The Balaban J connectivity index is 2.06. The van der Waals surface area contributed by atoms with Gasteiger partial charge in [0.1, 0.15) is 12.6 Å². The third-order valence-corrected chi connectivity index (χ3v) is 8.62. The first-order chi connectivity index (χ1) is 18.4. The number of benzene rings is 3. The predicted molar refractivity (Wildman–Crippen MR) is 156 cm³/mol. The average molecular weight is 550 g/mol. The predicted octanol–water partition coefficient (Wildman–Crippen LogP) is 5.14. The molecular weight excluding hydrogens is 510 g/mol. The number of anilines is 1. The summed E-state index contributed by atoms with van der Waals surface area (Å²) < 4.78 is 29.0. The van der Waals surface area contributed by atoms with E-state index in [1.807, 2.05) is 71.0 Å². The number of sulfonamides is 1. The molecule has 0 spiro atoms. The minimum atomic E-state index is -4.09. The van der Waals surface area contributed by atoms with E-state index >= 15 is 0 Å². The van der Waals surface area contributed by atoms with Gasteiger partial charge in [0.2, 0.25) is 11.8 Å². The van der Waals surface area contributed by atoms with E-state index < -0.39 is 28.5 Å². The third-order valence-electron chi connectivity index (χ3n) is 6.85. The highest BCUT2D eigenvalue weighted by Gasteiger charge is 2.33. The molecule has 0 saturated carbocycles. The number of aryl methyl sites for hydroxylation is 3. The number of rotatable bonds is 11. The normalized spacial score (nSPS) is 12.9. The third kappa shape index (κ3) is 7.47. The number of nitrogens with zero attached hydrogens (tertiary/aromatic N) is 2. The van der Waals surface area contributed by atoms with E-state index in [4.69, 9.17) is 0 Å². The molecule has 7 nitrogen and oxygen atoms in total. The molecule has 0 aliphatic heterocycles. The lowest BCUT2D eigenvalue weighted by molar-refractivity contribution is -0.139. The molecule has 2 unspecified atom stereocenters. The molecule has 0 aliphatic rings. The fourth-order valence-electron chi connectivity index (χ4n) is 4.28. The highest BCUT2D eigenvalue weighted by atomic mass is 32.2. The van der Waals surface area contributed by atoms with Crippen LogP contribution in [0, 0.1) is 20.8 Å². The van der Waals surface area contributed by atoms with Crippen LogP contribution in [0.25, 0.3) is 0 Å². The summed E-state index contributed by atoms with van der Waals surface area (Å²) in [6.07, 6.45) is 0.750. The summed E-state index contributed by atoms with van der Waals surface area (Å²) in [7, 11) is -4.09. The fourth-order valence-corrected chi connectivity index (χ4v) is 5.77. The summed E-state index contributed by atoms with van der Waals surface area (Å²) in [5, 5.41) is 2.95. The van der Waals surface area contributed by atoms with E-state index in [-0.39, 0.29) is 23.4 Å². The Labute approximate surface area is 232 Å². The van der Waals surface area contributed by atoms with Crippen LogP contribution in [0.3, 0.4) is 0 Å². The number of hydrogen-bond acceptors (Lipinski definition) is 4. The van der Waals surface area contributed by atoms with Gasteiger partial charge in [0.05, 0.1) is 10.6 Å². The van der Waals surface area contributed by atoms with Gasteiger partial charge in [-0.05, 0) is 75.9 Å². The number of carbonyl (C=O) groups is 2. The quantitative estimate of drug-likeness (QED) is 0.359. The molecule has 208 valence electrons. The Morgan fingerprint density at radius 1 is 0.872 bits per heavy atom. The van der Waals surface area contributed by atoms with Crippen LogP contribution in [0.5, 0.6) is 0 Å². The van der Waals surface area contributed by atoms with Gasteiger partial charge < -0.3 is 10.2 Å². The number of hydrogen-bond donors (Lipinski definition) is 1. The highest BCUT2D eigenvalue weighted by molar-refractivity contribution is 7.92. The number of nitrogens with one attached hydrogen (secondary N) is 1. The fraction of sp³-hybridized carbons (Fsp3) is 0.355.